The van der Waals surface area contributed by atoms with Gasteiger partial charge in [0.1, 0.15) is 0 Å². The predicted molar refractivity (Wildman–Crippen MR) is 50.8 cm³/mol. The molecule has 0 rings (SSSR count). The van der Waals surface area contributed by atoms with Gasteiger partial charge in [-0.2, -0.15) is 0 Å². The van der Waals surface area contributed by atoms with E-state index in [2.05, 4.69) is 4.99 Å². The lowest BCUT2D eigenvalue weighted by Gasteiger charge is -2.00. The number of nitrogens with zero attached hydrogens (tertiary/aromatic N) is 2. The SMILES string of the molecule is C\C=C/C(C)=N/C=C\N(C)C. The largest absolute Gasteiger partial charge is 0.382 e. The van der Waals surface area contributed by atoms with Crippen LogP contribution in [0.5, 0.6) is 0 Å². The zero-order chi connectivity index (χ0) is 8.69. The zero-order valence-electron chi connectivity index (χ0n) is 7.70. The first-order chi connectivity index (χ1) is 5.16. The Kier molecular flexibility index (Phi) is 5.17. The van der Waals surface area contributed by atoms with E-state index in [0.29, 0.717) is 0 Å². The first kappa shape index (κ1) is 9.95. The molecular formula is C9H16N2. The molecule has 0 radical (unpaired) electrons. The van der Waals surface area contributed by atoms with E-state index in [1.807, 2.05) is 51.2 Å². The van der Waals surface area contributed by atoms with E-state index in [9.17, 15) is 0 Å². The van der Waals surface area contributed by atoms with Crippen molar-refractivity contribution in [3.63, 3.8) is 0 Å². The molecule has 0 amide bonds. The van der Waals surface area contributed by atoms with Gasteiger partial charge in [0.25, 0.3) is 0 Å². The van der Waals surface area contributed by atoms with Crippen molar-refractivity contribution in [3.8, 4) is 0 Å². The summed E-state index contributed by atoms with van der Waals surface area (Å²) >= 11 is 0. The van der Waals surface area contributed by atoms with Crippen molar-refractivity contribution in [2.75, 3.05) is 14.1 Å². The number of allylic oxidation sites excluding steroid dienone is 2. The molecule has 0 N–H and O–H groups in total. The third kappa shape index (κ3) is 6.84. The van der Waals surface area contributed by atoms with Gasteiger partial charge < -0.3 is 4.90 Å². The number of rotatable bonds is 3. The van der Waals surface area contributed by atoms with E-state index in [4.69, 9.17) is 0 Å². The van der Waals surface area contributed by atoms with Crippen LogP contribution in [0.2, 0.25) is 0 Å². The fourth-order valence-electron chi connectivity index (χ4n) is 0.568. The van der Waals surface area contributed by atoms with E-state index in [1.165, 1.54) is 0 Å². The minimum Gasteiger partial charge on any atom is -0.382 e. The molecule has 0 aromatic carbocycles. The van der Waals surface area contributed by atoms with Crippen LogP contribution in [0, 0.1) is 0 Å². The maximum Gasteiger partial charge on any atom is 0.0429 e. The highest BCUT2D eigenvalue weighted by molar-refractivity contribution is 5.93. The van der Waals surface area contributed by atoms with Crippen LogP contribution in [0.1, 0.15) is 13.8 Å². The van der Waals surface area contributed by atoms with Crippen LogP contribution in [0.25, 0.3) is 0 Å². The molecule has 62 valence electrons. The number of hydrogen-bond acceptors (Lipinski definition) is 2. The molecule has 0 atom stereocenters. The Labute approximate surface area is 68.9 Å². The summed E-state index contributed by atoms with van der Waals surface area (Å²) in [5, 5.41) is 0. The third-order valence-corrected chi connectivity index (χ3v) is 1.05. The highest BCUT2D eigenvalue weighted by Crippen LogP contribution is 1.84. The van der Waals surface area contributed by atoms with Crippen LogP contribution in [-0.4, -0.2) is 24.7 Å². The molecular weight excluding hydrogens is 136 g/mol. The number of aliphatic imine (C=N–C) groups is 1. The predicted octanol–water partition coefficient (Wildman–Crippen LogP) is 2.06. The second-order valence-electron chi connectivity index (χ2n) is 2.53. The Bertz CT molecular complexity index is 176. The lowest BCUT2D eigenvalue weighted by atomic mass is 10.4. The first-order valence-electron chi connectivity index (χ1n) is 3.67. The molecule has 0 bridgehead atoms. The second kappa shape index (κ2) is 5.71. The van der Waals surface area contributed by atoms with Crippen molar-refractivity contribution < 1.29 is 0 Å². The first-order valence-corrected chi connectivity index (χ1v) is 3.67. The standard InChI is InChI=1S/C9H16N2/c1-5-6-9(2)10-7-8-11(3)4/h5-8H,1-4H3/b6-5-,8-7-,10-9+. The second-order valence-corrected chi connectivity index (χ2v) is 2.53. The molecule has 0 heterocycles. The van der Waals surface area contributed by atoms with Gasteiger partial charge in [-0.1, -0.05) is 6.08 Å². The molecule has 0 aliphatic heterocycles. The molecule has 0 aliphatic carbocycles. The van der Waals surface area contributed by atoms with Crippen molar-refractivity contribution in [2.24, 2.45) is 4.99 Å². The number of hydrogen-bond donors (Lipinski definition) is 0. The van der Waals surface area contributed by atoms with Gasteiger partial charge in [0.15, 0.2) is 0 Å². The topological polar surface area (TPSA) is 15.6 Å². The van der Waals surface area contributed by atoms with Gasteiger partial charge in [0.2, 0.25) is 0 Å². The van der Waals surface area contributed by atoms with Crippen LogP contribution in [0.4, 0.5) is 0 Å². The van der Waals surface area contributed by atoms with E-state index in [-0.39, 0.29) is 0 Å². The third-order valence-electron chi connectivity index (χ3n) is 1.05. The van der Waals surface area contributed by atoms with Crippen LogP contribution in [-0.2, 0) is 0 Å². The molecule has 0 aromatic heterocycles. The van der Waals surface area contributed by atoms with E-state index >= 15 is 0 Å². The fourth-order valence-corrected chi connectivity index (χ4v) is 0.568. The van der Waals surface area contributed by atoms with Crippen LogP contribution in [0.3, 0.4) is 0 Å². The quantitative estimate of drug-likeness (QED) is 0.565. The normalized spacial score (nSPS) is 13.3. The van der Waals surface area contributed by atoms with E-state index in [0.717, 1.165) is 5.71 Å². The molecule has 0 aromatic rings. The van der Waals surface area contributed by atoms with Crippen LogP contribution >= 0.6 is 0 Å². The summed E-state index contributed by atoms with van der Waals surface area (Å²) in [5.74, 6) is 0. The van der Waals surface area contributed by atoms with Gasteiger partial charge in [-0.15, -0.1) is 0 Å². The molecule has 0 saturated heterocycles. The molecule has 0 aliphatic rings. The van der Waals surface area contributed by atoms with Gasteiger partial charge >= 0.3 is 0 Å². The van der Waals surface area contributed by atoms with Gasteiger partial charge in [-0.25, -0.2) is 0 Å². The Morgan fingerprint density at radius 3 is 2.45 bits per heavy atom. The maximum atomic E-state index is 4.16. The average Bonchev–Trinajstić information content (AvgIpc) is 1.87. The Morgan fingerprint density at radius 2 is 2.00 bits per heavy atom. The minimum absolute atomic E-state index is 1.02. The summed E-state index contributed by atoms with van der Waals surface area (Å²) in [7, 11) is 3.94. The zero-order valence-corrected chi connectivity index (χ0v) is 7.70. The highest BCUT2D eigenvalue weighted by Gasteiger charge is 1.77. The summed E-state index contributed by atoms with van der Waals surface area (Å²) in [6, 6.07) is 0. The van der Waals surface area contributed by atoms with Crippen molar-refractivity contribution in [3.05, 3.63) is 24.6 Å². The van der Waals surface area contributed by atoms with E-state index in [1.54, 1.807) is 6.20 Å². The summed E-state index contributed by atoms with van der Waals surface area (Å²) in [6.07, 6.45) is 7.64. The Hall–Kier alpha value is -1.05. The monoisotopic (exact) mass is 152 g/mol. The van der Waals surface area contributed by atoms with Gasteiger partial charge in [0.05, 0.1) is 0 Å². The molecule has 11 heavy (non-hydrogen) atoms. The van der Waals surface area contributed by atoms with E-state index < -0.39 is 0 Å². The average molecular weight is 152 g/mol. The van der Waals surface area contributed by atoms with Crippen molar-refractivity contribution >= 4 is 5.71 Å². The summed E-state index contributed by atoms with van der Waals surface area (Å²) in [4.78, 5) is 6.11. The lowest BCUT2D eigenvalue weighted by molar-refractivity contribution is 0.562. The van der Waals surface area contributed by atoms with Gasteiger partial charge in [-0.3, -0.25) is 4.99 Å². The van der Waals surface area contributed by atoms with Crippen molar-refractivity contribution in [1.82, 2.24) is 4.90 Å². The highest BCUT2D eigenvalue weighted by atomic mass is 15.0. The van der Waals surface area contributed by atoms with Crippen LogP contribution in [0.15, 0.2) is 29.5 Å². The minimum atomic E-state index is 1.02. The maximum absolute atomic E-state index is 4.16. The fraction of sp³-hybridized carbons (Fsp3) is 0.444. The molecule has 0 unspecified atom stereocenters. The van der Waals surface area contributed by atoms with Crippen LogP contribution < -0.4 is 0 Å². The Morgan fingerprint density at radius 1 is 1.36 bits per heavy atom. The Balaban J connectivity index is 3.91. The smallest absolute Gasteiger partial charge is 0.0429 e. The van der Waals surface area contributed by atoms with Gasteiger partial charge in [0, 0.05) is 32.2 Å². The molecule has 2 nitrogen and oxygen atoms in total. The van der Waals surface area contributed by atoms with Crippen molar-refractivity contribution in [2.45, 2.75) is 13.8 Å². The molecule has 0 spiro atoms. The molecule has 0 saturated carbocycles. The molecule has 2 heteroatoms. The van der Waals surface area contributed by atoms with Crippen molar-refractivity contribution in [1.29, 1.82) is 0 Å². The summed E-state index contributed by atoms with van der Waals surface area (Å²) < 4.78 is 0. The summed E-state index contributed by atoms with van der Waals surface area (Å²) in [5.41, 5.74) is 1.02. The van der Waals surface area contributed by atoms with Gasteiger partial charge in [-0.05, 0) is 19.9 Å². The summed E-state index contributed by atoms with van der Waals surface area (Å²) in [6.45, 7) is 3.95. The lowest BCUT2D eigenvalue weighted by Crippen LogP contribution is -1.99. The molecule has 0 fully saturated rings.